The quantitative estimate of drug-likeness (QED) is 0.582. The Morgan fingerprint density at radius 2 is 2.11 bits per heavy atom. The van der Waals surface area contributed by atoms with Crippen molar-refractivity contribution in [1.29, 1.82) is 0 Å². The highest BCUT2D eigenvalue weighted by Crippen LogP contribution is 2.34. The van der Waals surface area contributed by atoms with Crippen LogP contribution in [0.4, 0.5) is 0 Å². The van der Waals surface area contributed by atoms with Crippen molar-refractivity contribution in [3.63, 3.8) is 0 Å². The maximum Gasteiger partial charge on any atom is 0.326 e. The van der Waals surface area contributed by atoms with Crippen molar-refractivity contribution in [2.45, 2.75) is 59.6 Å². The largest absolute Gasteiger partial charge is 0.488 e. The van der Waals surface area contributed by atoms with Crippen molar-refractivity contribution in [2.75, 3.05) is 0 Å². The van der Waals surface area contributed by atoms with E-state index in [1.165, 1.54) is 0 Å². The Kier molecular flexibility index (Phi) is 7.86. The summed E-state index contributed by atoms with van der Waals surface area (Å²) in [5.41, 5.74) is 1.31. The van der Waals surface area contributed by atoms with Gasteiger partial charge in [-0.3, -0.25) is 4.79 Å². The van der Waals surface area contributed by atoms with Crippen LogP contribution in [0.3, 0.4) is 0 Å². The van der Waals surface area contributed by atoms with Crippen LogP contribution in [-0.2, 0) is 20.9 Å². The van der Waals surface area contributed by atoms with Gasteiger partial charge < -0.3 is 19.7 Å². The molecule has 1 amide bonds. The molecule has 0 fully saturated rings. The summed E-state index contributed by atoms with van der Waals surface area (Å²) < 4.78 is 11.7. The lowest BCUT2D eigenvalue weighted by Crippen LogP contribution is -2.46. The summed E-state index contributed by atoms with van der Waals surface area (Å²) in [4.78, 5) is 24.3. The minimum atomic E-state index is -1.01. The first-order chi connectivity index (χ1) is 13.3. The van der Waals surface area contributed by atoms with Crippen LogP contribution >= 0.6 is 15.9 Å². The summed E-state index contributed by atoms with van der Waals surface area (Å²) in [6.45, 7) is 7.90. The molecule has 0 aliphatic heterocycles. The maximum atomic E-state index is 12.7. The van der Waals surface area contributed by atoms with Crippen LogP contribution in [-0.4, -0.2) is 28.2 Å². The van der Waals surface area contributed by atoms with E-state index in [0.29, 0.717) is 35.1 Å². The summed E-state index contributed by atoms with van der Waals surface area (Å²) >= 11 is 3.47. The molecule has 0 bridgehead atoms. The maximum absolute atomic E-state index is 12.7. The molecular weight excluding hydrogens is 428 g/mol. The third-order valence-corrected chi connectivity index (χ3v) is 5.54. The van der Waals surface area contributed by atoms with Crippen molar-refractivity contribution in [1.82, 2.24) is 10.5 Å². The smallest absolute Gasteiger partial charge is 0.326 e. The second-order valence-corrected chi connectivity index (χ2v) is 7.93. The number of aromatic nitrogens is 1. The van der Waals surface area contributed by atoms with Crippen molar-refractivity contribution in [3.05, 3.63) is 39.4 Å². The molecular formula is C20H27BrN2O5. The number of carboxylic acid groups (broad SMARTS) is 1. The Labute approximate surface area is 173 Å². The molecule has 0 radical (unpaired) electrons. The van der Waals surface area contributed by atoms with E-state index in [4.69, 9.17) is 9.26 Å². The molecule has 28 heavy (non-hydrogen) atoms. The van der Waals surface area contributed by atoms with Gasteiger partial charge in [-0.05, 0) is 41.3 Å². The van der Waals surface area contributed by atoms with Gasteiger partial charge >= 0.3 is 5.97 Å². The van der Waals surface area contributed by atoms with E-state index in [1.54, 1.807) is 12.1 Å². The normalized spacial score (nSPS) is 18.1. The fourth-order valence-electron chi connectivity index (χ4n) is 3.32. The Bertz CT molecular complexity index is 779. The summed E-state index contributed by atoms with van der Waals surface area (Å²) in [6, 6.07) is 0.912. The third-order valence-electron chi connectivity index (χ3n) is 4.92. The van der Waals surface area contributed by atoms with Crippen LogP contribution in [0.15, 0.2) is 32.5 Å². The van der Waals surface area contributed by atoms with Crippen molar-refractivity contribution in [2.24, 2.45) is 11.8 Å². The summed E-state index contributed by atoms with van der Waals surface area (Å²) in [7, 11) is 0. The van der Waals surface area contributed by atoms with Crippen LogP contribution in [0.5, 0.6) is 0 Å². The fourth-order valence-corrected chi connectivity index (χ4v) is 4.10. The lowest BCUT2D eigenvalue weighted by molar-refractivity contribution is -0.143. The minimum Gasteiger partial charge on any atom is -0.488 e. The van der Waals surface area contributed by atoms with Crippen LogP contribution in [0.2, 0.25) is 0 Å². The molecule has 0 spiro atoms. The molecule has 7 nitrogen and oxygen atoms in total. The molecule has 2 atom stereocenters. The predicted molar refractivity (Wildman–Crippen MR) is 107 cm³/mol. The molecule has 1 aromatic rings. The van der Waals surface area contributed by atoms with Crippen molar-refractivity contribution < 1.29 is 24.0 Å². The third kappa shape index (κ3) is 5.47. The number of allylic oxidation sites excluding steroid dienone is 3. The van der Waals surface area contributed by atoms with Crippen molar-refractivity contribution in [3.8, 4) is 0 Å². The van der Waals surface area contributed by atoms with Gasteiger partial charge in [0.25, 0.3) is 0 Å². The van der Waals surface area contributed by atoms with Gasteiger partial charge in [-0.1, -0.05) is 38.8 Å². The van der Waals surface area contributed by atoms with Gasteiger partial charge in [-0.2, -0.15) is 0 Å². The molecule has 0 saturated carbocycles. The zero-order chi connectivity index (χ0) is 20.8. The molecule has 2 unspecified atom stereocenters. The van der Waals surface area contributed by atoms with E-state index in [0.717, 1.165) is 11.5 Å². The van der Waals surface area contributed by atoms with E-state index >= 15 is 0 Å². The zero-order valence-corrected chi connectivity index (χ0v) is 18.2. The number of aryl methyl sites for hydroxylation is 1. The summed E-state index contributed by atoms with van der Waals surface area (Å²) in [5.74, 6) is -0.160. The van der Waals surface area contributed by atoms with E-state index in [1.807, 2.05) is 27.7 Å². The molecule has 0 saturated heterocycles. The van der Waals surface area contributed by atoms with Crippen LogP contribution < -0.4 is 5.32 Å². The van der Waals surface area contributed by atoms with Gasteiger partial charge in [-0.15, -0.1) is 0 Å². The molecule has 154 valence electrons. The van der Waals surface area contributed by atoms with E-state index in [2.05, 4.69) is 26.4 Å². The number of aliphatic carboxylic acids is 1. The Hall–Kier alpha value is -2.09. The Morgan fingerprint density at radius 1 is 1.43 bits per heavy atom. The molecule has 8 heteroatoms. The number of carbonyl (C=O) groups excluding carboxylic acids is 1. The number of amides is 1. The molecule has 2 rings (SSSR count). The molecule has 1 aromatic heterocycles. The topological polar surface area (TPSA) is 102 Å². The molecule has 1 aliphatic carbocycles. The number of rotatable bonds is 9. The number of nitrogens with one attached hydrogen (secondary N) is 1. The second kappa shape index (κ2) is 9.91. The number of nitrogens with zero attached hydrogens (tertiary/aromatic N) is 1. The van der Waals surface area contributed by atoms with Gasteiger partial charge in [0, 0.05) is 17.6 Å². The SMILES string of the molecule is CCC(CC)C(NC(=O)C1=CC(Br)=C(OCc2cc(C)no2)C(C)C1)C(=O)O. The first-order valence-corrected chi connectivity index (χ1v) is 10.2. The van der Waals surface area contributed by atoms with Crippen LogP contribution in [0.25, 0.3) is 0 Å². The van der Waals surface area contributed by atoms with Gasteiger partial charge in [-0.25, -0.2) is 4.79 Å². The standard InChI is InChI=1S/C20H27BrN2O5/c1-5-13(6-2)17(20(25)26)22-19(24)14-7-11(3)18(16(21)9-14)27-10-15-8-12(4)23-28-15/h8-9,11,13,17H,5-7,10H2,1-4H3,(H,22,24)(H,25,26). The Balaban J connectivity index is 2.10. The summed E-state index contributed by atoms with van der Waals surface area (Å²) in [6.07, 6.45) is 3.53. The second-order valence-electron chi connectivity index (χ2n) is 7.08. The van der Waals surface area contributed by atoms with E-state index < -0.39 is 12.0 Å². The highest BCUT2D eigenvalue weighted by Gasteiger charge is 2.30. The number of ether oxygens (including phenoxy) is 1. The minimum absolute atomic E-state index is 0.0411. The Morgan fingerprint density at radius 3 is 2.61 bits per heavy atom. The number of hydrogen-bond acceptors (Lipinski definition) is 5. The highest BCUT2D eigenvalue weighted by molar-refractivity contribution is 9.11. The van der Waals surface area contributed by atoms with Crippen molar-refractivity contribution >= 4 is 27.8 Å². The average molecular weight is 455 g/mol. The molecule has 1 heterocycles. The monoisotopic (exact) mass is 454 g/mol. The highest BCUT2D eigenvalue weighted by atomic mass is 79.9. The lowest BCUT2D eigenvalue weighted by atomic mass is 9.91. The number of carboxylic acids is 1. The average Bonchev–Trinajstić information content (AvgIpc) is 3.05. The lowest BCUT2D eigenvalue weighted by Gasteiger charge is -2.26. The fraction of sp³-hybridized carbons (Fsp3) is 0.550. The van der Waals surface area contributed by atoms with Crippen LogP contribution in [0, 0.1) is 18.8 Å². The van der Waals surface area contributed by atoms with E-state index in [9.17, 15) is 14.7 Å². The number of halogens is 1. The summed E-state index contributed by atoms with van der Waals surface area (Å²) in [5, 5.41) is 16.0. The van der Waals surface area contributed by atoms with Gasteiger partial charge in [0.05, 0.1) is 10.2 Å². The molecule has 2 N–H and O–H groups in total. The van der Waals surface area contributed by atoms with Crippen LogP contribution in [0.1, 0.15) is 51.5 Å². The van der Waals surface area contributed by atoms with Gasteiger partial charge in [0.15, 0.2) is 5.76 Å². The van der Waals surface area contributed by atoms with E-state index in [-0.39, 0.29) is 24.3 Å². The zero-order valence-electron chi connectivity index (χ0n) is 16.6. The molecule has 1 aliphatic rings. The molecule has 0 aromatic carbocycles. The first kappa shape index (κ1) is 22.2. The number of hydrogen-bond donors (Lipinski definition) is 2. The van der Waals surface area contributed by atoms with Gasteiger partial charge in [0.1, 0.15) is 18.4 Å². The first-order valence-electron chi connectivity index (χ1n) is 9.45. The number of carbonyl (C=O) groups is 2. The predicted octanol–water partition coefficient (Wildman–Crippen LogP) is 4.08. The van der Waals surface area contributed by atoms with Gasteiger partial charge in [0.2, 0.25) is 5.91 Å².